The molecule has 2 aromatic carbocycles. The highest BCUT2D eigenvalue weighted by atomic mass is 79.9. The predicted octanol–water partition coefficient (Wildman–Crippen LogP) is 6.41. The molecule has 3 rings (SSSR count). The van der Waals surface area contributed by atoms with Crippen molar-refractivity contribution >= 4 is 55.1 Å². The third-order valence-electron chi connectivity index (χ3n) is 3.49. The van der Waals surface area contributed by atoms with Crippen LogP contribution in [0.4, 0.5) is 0 Å². The van der Waals surface area contributed by atoms with Crippen molar-refractivity contribution in [3.63, 3.8) is 0 Å². The molecule has 4 heteroatoms. The first-order valence-electron chi connectivity index (χ1n) is 5.89. The Morgan fingerprint density at radius 1 is 0.842 bits per heavy atom. The second kappa shape index (κ2) is 5.07. The first kappa shape index (κ1) is 13.9. The molecule has 0 amide bonds. The van der Waals surface area contributed by atoms with E-state index in [1.165, 1.54) is 16.7 Å². The third kappa shape index (κ3) is 2.37. The van der Waals surface area contributed by atoms with Crippen LogP contribution < -0.4 is 0 Å². The van der Waals surface area contributed by atoms with E-state index < -0.39 is 3.24 Å². The highest BCUT2D eigenvalue weighted by molar-refractivity contribution is 9.11. The van der Waals surface area contributed by atoms with Gasteiger partial charge >= 0.3 is 0 Å². The van der Waals surface area contributed by atoms with E-state index in [2.05, 4.69) is 62.2 Å². The monoisotopic (exact) mass is 418 g/mol. The van der Waals surface area contributed by atoms with Gasteiger partial charge in [-0.3, -0.25) is 0 Å². The van der Waals surface area contributed by atoms with Gasteiger partial charge in [-0.1, -0.05) is 87.7 Å². The van der Waals surface area contributed by atoms with E-state index in [4.69, 9.17) is 23.2 Å². The molecule has 0 aliphatic heterocycles. The summed E-state index contributed by atoms with van der Waals surface area (Å²) in [7, 11) is 0. The molecule has 0 unspecified atom stereocenters. The van der Waals surface area contributed by atoms with Crippen LogP contribution in [0.25, 0.3) is 11.1 Å². The number of hydrogen-bond acceptors (Lipinski definition) is 0. The Kier molecular flexibility index (Phi) is 3.72. The summed E-state index contributed by atoms with van der Waals surface area (Å²) < 4.78 is -1.01. The average molecular weight is 421 g/mol. The van der Waals surface area contributed by atoms with Crippen molar-refractivity contribution in [2.45, 2.75) is 14.0 Å². The molecular formula is C15H10Br2Cl2. The minimum absolute atomic E-state index is 0.0538. The van der Waals surface area contributed by atoms with Crippen LogP contribution >= 0.6 is 55.1 Å². The molecule has 19 heavy (non-hydrogen) atoms. The fourth-order valence-corrected chi connectivity index (χ4v) is 5.41. The van der Waals surface area contributed by atoms with Crippen molar-refractivity contribution in [2.24, 2.45) is 0 Å². The van der Waals surface area contributed by atoms with Crippen LogP contribution in [0.15, 0.2) is 48.5 Å². The summed E-state index contributed by atoms with van der Waals surface area (Å²) >= 11 is 19.9. The first-order valence-corrected chi connectivity index (χ1v) is 8.35. The van der Waals surface area contributed by atoms with E-state index in [1.807, 2.05) is 18.2 Å². The van der Waals surface area contributed by atoms with Gasteiger partial charge in [-0.2, -0.15) is 0 Å². The maximum absolute atomic E-state index is 6.35. The number of rotatable bonds is 1. The Bertz CT molecular complexity index is 620. The van der Waals surface area contributed by atoms with Crippen molar-refractivity contribution in [1.82, 2.24) is 0 Å². The second-order valence-electron chi connectivity index (χ2n) is 4.60. The number of hydrogen-bond donors (Lipinski definition) is 0. The lowest BCUT2D eigenvalue weighted by molar-refractivity contribution is 0.700. The zero-order valence-corrected chi connectivity index (χ0v) is 14.5. The van der Waals surface area contributed by atoms with Crippen molar-refractivity contribution in [3.05, 3.63) is 59.7 Å². The molecule has 0 radical (unpaired) electrons. The molecule has 0 nitrogen and oxygen atoms in total. The Hall–Kier alpha value is -0.0200. The predicted molar refractivity (Wildman–Crippen MR) is 89.7 cm³/mol. The minimum atomic E-state index is -1.01. The molecule has 0 fully saturated rings. The van der Waals surface area contributed by atoms with E-state index in [0.717, 1.165) is 5.56 Å². The molecule has 0 heterocycles. The Balaban J connectivity index is 2.30. The Labute approximate surface area is 139 Å². The van der Waals surface area contributed by atoms with Crippen LogP contribution in [0.1, 0.15) is 21.9 Å². The van der Waals surface area contributed by atoms with Gasteiger partial charge in [-0.25, -0.2) is 0 Å². The average Bonchev–Trinajstić information content (AvgIpc) is 2.38. The molecule has 2 atom stereocenters. The normalized spacial score (nSPS) is 21.7. The smallest absolute Gasteiger partial charge is 0.0881 e. The second-order valence-corrected chi connectivity index (χ2v) is 9.13. The molecule has 98 valence electrons. The minimum Gasteiger partial charge on any atom is -0.0881 e. The number of benzene rings is 2. The van der Waals surface area contributed by atoms with E-state index in [1.54, 1.807) is 0 Å². The first-order chi connectivity index (χ1) is 9.00. The number of fused-ring (bicyclic) bond motifs is 3. The summed E-state index contributed by atoms with van der Waals surface area (Å²) in [5.74, 6) is -0.0538. The molecule has 1 aliphatic carbocycles. The van der Waals surface area contributed by atoms with Gasteiger partial charge < -0.3 is 0 Å². The van der Waals surface area contributed by atoms with Crippen LogP contribution in [-0.2, 0) is 0 Å². The lowest BCUT2D eigenvalue weighted by Crippen LogP contribution is -2.24. The maximum Gasteiger partial charge on any atom is 0.180 e. The van der Waals surface area contributed by atoms with Crippen molar-refractivity contribution in [3.8, 4) is 11.1 Å². The van der Waals surface area contributed by atoms with Gasteiger partial charge in [0.2, 0.25) is 0 Å². The van der Waals surface area contributed by atoms with Gasteiger partial charge in [0.1, 0.15) is 0 Å². The third-order valence-corrected chi connectivity index (χ3v) is 5.47. The molecule has 0 spiro atoms. The molecule has 0 saturated heterocycles. The van der Waals surface area contributed by atoms with E-state index in [9.17, 15) is 0 Å². The van der Waals surface area contributed by atoms with Crippen LogP contribution in [0, 0.1) is 0 Å². The lowest BCUT2D eigenvalue weighted by Gasteiger charge is -2.36. The molecule has 2 aromatic rings. The van der Waals surface area contributed by atoms with Crippen LogP contribution in [0.2, 0.25) is 0 Å². The van der Waals surface area contributed by atoms with E-state index in [-0.39, 0.29) is 10.7 Å². The van der Waals surface area contributed by atoms with Crippen molar-refractivity contribution < 1.29 is 0 Å². The van der Waals surface area contributed by atoms with Gasteiger partial charge in [-0.05, 0) is 38.2 Å². The zero-order chi connectivity index (χ0) is 13.6. The Morgan fingerprint density at radius 2 is 1.32 bits per heavy atom. The summed E-state index contributed by atoms with van der Waals surface area (Å²) in [4.78, 5) is 0.0768. The highest BCUT2D eigenvalue weighted by Crippen LogP contribution is 2.58. The SMILES string of the molecule is ClC(Cl)(Br)[C@@H]1c2ccccc2-c2ccccc2[C@H]1Br. The van der Waals surface area contributed by atoms with Crippen LogP contribution in [0.5, 0.6) is 0 Å². The van der Waals surface area contributed by atoms with Gasteiger partial charge in [0.15, 0.2) is 3.24 Å². The summed E-state index contributed by atoms with van der Waals surface area (Å²) in [6.07, 6.45) is 0. The largest absolute Gasteiger partial charge is 0.180 e. The van der Waals surface area contributed by atoms with Crippen molar-refractivity contribution in [1.29, 1.82) is 0 Å². The van der Waals surface area contributed by atoms with E-state index in [0.29, 0.717) is 0 Å². The fraction of sp³-hybridized carbons (Fsp3) is 0.200. The standard InChI is InChI=1S/C15H10Br2Cl2/c16-14-12-8-4-2-6-10(12)9-5-1-3-7-11(9)13(14)15(17,18)19/h1-8,13-14H/t13-,14-/m1/s1. The molecule has 0 N–H and O–H groups in total. The topological polar surface area (TPSA) is 0 Å². The summed E-state index contributed by atoms with van der Waals surface area (Å²) in [5.41, 5.74) is 4.81. The zero-order valence-electron chi connectivity index (χ0n) is 9.79. The van der Waals surface area contributed by atoms with Crippen molar-refractivity contribution in [2.75, 3.05) is 0 Å². The van der Waals surface area contributed by atoms with Gasteiger partial charge in [-0.15, -0.1) is 0 Å². The van der Waals surface area contributed by atoms with Gasteiger partial charge in [0.25, 0.3) is 0 Å². The van der Waals surface area contributed by atoms with E-state index >= 15 is 0 Å². The highest BCUT2D eigenvalue weighted by Gasteiger charge is 2.43. The molecule has 0 aromatic heterocycles. The Morgan fingerprint density at radius 3 is 1.89 bits per heavy atom. The van der Waals surface area contributed by atoms with Crippen LogP contribution in [0.3, 0.4) is 0 Å². The van der Waals surface area contributed by atoms with Gasteiger partial charge in [0.05, 0.1) is 4.83 Å². The quantitative estimate of drug-likeness (QED) is 0.467. The molecule has 0 bridgehead atoms. The lowest BCUT2D eigenvalue weighted by atomic mass is 9.79. The maximum atomic E-state index is 6.35. The number of alkyl halides is 4. The molecular weight excluding hydrogens is 411 g/mol. The number of halogens is 4. The summed E-state index contributed by atoms with van der Waals surface area (Å²) in [6.45, 7) is 0. The fourth-order valence-electron chi connectivity index (χ4n) is 2.68. The summed E-state index contributed by atoms with van der Waals surface area (Å²) in [6, 6.07) is 16.6. The summed E-state index contributed by atoms with van der Waals surface area (Å²) in [5, 5.41) is 0. The molecule has 1 aliphatic rings. The van der Waals surface area contributed by atoms with Crippen LogP contribution in [-0.4, -0.2) is 3.24 Å². The van der Waals surface area contributed by atoms with Gasteiger partial charge in [0, 0.05) is 5.92 Å². The molecule has 0 saturated carbocycles.